The van der Waals surface area contributed by atoms with Crippen molar-refractivity contribution in [2.24, 2.45) is 0 Å². The predicted molar refractivity (Wildman–Crippen MR) is 97.2 cm³/mol. The summed E-state index contributed by atoms with van der Waals surface area (Å²) >= 11 is 0. The lowest BCUT2D eigenvalue weighted by Gasteiger charge is -2.21. The Hall–Kier alpha value is -3.02. The van der Waals surface area contributed by atoms with Crippen molar-refractivity contribution < 1.29 is 19.1 Å². The number of anilines is 2. The molecule has 0 aliphatic carbocycles. The molecule has 0 heterocycles. The van der Waals surface area contributed by atoms with Gasteiger partial charge in [0, 0.05) is 12.2 Å². The molecule has 6 nitrogen and oxygen atoms in total. The van der Waals surface area contributed by atoms with Crippen LogP contribution in [0, 0.1) is 0 Å². The largest absolute Gasteiger partial charge is 0.447 e. The second-order valence-electron chi connectivity index (χ2n) is 5.52. The van der Waals surface area contributed by atoms with Crippen molar-refractivity contribution in [3.05, 3.63) is 54.6 Å². The molecule has 2 rings (SSSR count). The van der Waals surface area contributed by atoms with Crippen LogP contribution in [0.4, 0.5) is 21.0 Å². The minimum atomic E-state index is -0.603. The van der Waals surface area contributed by atoms with Gasteiger partial charge < -0.3 is 9.47 Å². The predicted octanol–water partition coefficient (Wildman–Crippen LogP) is 4.67. The summed E-state index contributed by atoms with van der Waals surface area (Å²) < 4.78 is 10.5. The number of amides is 2. The number of ether oxygens (including phenoxy) is 2. The molecule has 0 saturated carbocycles. The maximum absolute atomic E-state index is 12.5. The second kappa shape index (κ2) is 8.73. The van der Waals surface area contributed by atoms with Gasteiger partial charge in [0.05, 0.1) is 11.8 Å². The molecule has 2 amide bonds. The molecule has 0 atom stereocenters. The molecule has 25 heavy (non-hydrogen) atoms. The van der Waals surface area contributed by atoms with Crippen LogP contribution in [0.5, 0.6) is 5.75 Å². The van der Waals surface area contributed by atoms with Crippen LogP contribution in [0.25, 0.3) is 0 Å². The Labute approximate surface area is 147 Å². The highest BCUT2D eigenvalue weighted by atomic mass is 16.6. The van der Waals surface area contributed by atoms with E-state index in [2.05, 4.69) is 5.32 Å². The molecule has 6 heteroatoms. The standard InChI is InChI=1S/C19H22N2O4/c1-4-21(15-10-6-5-7-11-15)19(23)25-17-13-9-8-12-16(17)20-18(22)24-14(2)3/h5-14H,4H2,1-3H3,(H,20,22). The smallest absolute Gasteiger partial charge is 0.419 e. The first-order valence-electron chi connectivity index (χ1n) is 8.12. The molecule has 132 valence electrons. The van der Waals surface area contributed by atoms with Gasteiger partial charge in [0.1, 0.15) is 0 Å². The number of hydrogen-bond acceptors (Lipinski definition) is 4. The SMILES string of the molecule is CCN(C(=O)Oc1ccccc1NC(=O)OC(C)C)c1ccccc1. The number of nitrogens with one attached hydrogen (secondary N) is 1. The van der Waals surface area contributed by atoms with Gasteiger partial charge in [-0.3, -0.25) is 10.2 Å². The van der Waals surface area contributed by atoms with Crippen molar-refractivity contribution in [2.45, 2.75) is 26.9 Å². The molecular formula is C19H22N2O4. The van der Waals surface area contributed by atoms with Gasteiger partial charge in [0.25, 0.3) is 0 Å². The Kier molecular flexibility index (Phi) is 6.39. The Balaban J connectivity index is 2.14. The summed E-state index contributed by atoms with van der Waals surface area (Å²) in [5.41, 5.74) is 1.10. The van der Waals surface area contributed by atoms with Gasteiger partial charge in [0.15, 0.2) is 5.75 Å². The third kappa shape index (κ3) is 5.24. The van der Waals surface area contributed by atoms with E-state index in [1.54, 1.807) is 38.1 Å². The first-order valence-corrected chi connectivity index (χ1v) is 8.12. The molecule has 0 radical (unpaired) electrons. The zero-order valence-corrected chi connectivity index (χ0v) is 14.6. The summed E-state index contributed by atoms with van der Waals surface area (Å²) in [6.45, 7) is 5.82. The van der Waals surface area contributed by atoms with Crippen LogP contribution < -0.4 is 15.0 Å². The zero-order chi connectivity index (χ0) is 18.2. The molecule has 0 spiro atoms. The van der Waals surface area contributed by atoms with Crippen LogP contribution in [-0.2, 0) is 4.74 Å². The van der Waals surface area contributed by atoms with E-state index in [4.69, 9.17) is 9.47 Å². The average Bonchev–Trinajstić information content (AvgIpc) is 2.57. The quantitative estimate of drug-likeness (QED) is 0.857. The lowest BCUT2D eigenvalue weighted by molar-refractivity contribution is 0.130. The molecule has 1 N–H and O–H groups in total. The molecule has 0 bridgehead atoms. The molecule has 0 saturated heterocycles. The molecular weight excluding hydrogens is 320 g/mol. The molecule has 0 aliphatic rings. The zero-order valence-electron chi connectivity index (χ0n) is 14.6. The maximum atomic E-state index is 12.5. The Morgan fingerprint density at radius 2 is 1.68 bits per heavy atom. The number of benzene rings is 2. The van der Waals surface area contributed by atoms with E-state index in [0.717, 1.165) is 5.69 Å². The highest BCUT2D eigenvalue weighted by Crippen LogP contribution is 2.25. The lowest BCUT2D eigenvalue weighted by Crippen LogP contribution is -2.33. The van der Waals surface area contributed by atoms with E-state index in [9.17, 15) is 9.59 Å². The van der Waals surface area contributed by atoms with Crippen molar-refractivity contribution in [2.75, 3.05) is 16.8 Å². The Bertz CT molecular complexity index is 716. The molecule has 0 unspecified atom stereocenters. The van der Waals surface area contributed by atoms with Crippen molar-refractivity contribution in [3.63, 3.8) is 0 Å². The fourth-order valence-corrected chi connectivity index (χ4v) is 2.19. The highest BCUT2D eigenvalue weighted by molar-refractivity contribution is 5.92. The number of carbonyl (C=O) groups excluding carboxylic acids is 2. The van der Waals surface area contributed by atoms with Crippen LogP contribution >= 0.6 is 0 Å². The lowest BCUT2D eigenvalue weighted by atomic mass is 10.3. The first kappa shape index (κ1) is 18.3. The fraction of sp³-hybridized carbons (Fsp3) is 0.263. The van der Waals surface area contributed by atoms with Gasteiger partial charge in [-0.1, -0.05) is 30.3 Å². The first-order chi connectivity index (χ1) is 12.0. The van der Waals surface area contributed by atoms with Crippen molar-refractivity contribution in [1.82, 2.24) is 0 Å². The summed E-state index contributed by atoms with van der Waals surface area (Å²) in [6, 6.07) is 15.9. The van der Waals surface area contributed by atoms with E-state index >= 15 is 0 Å². The third-order valence-electron chi connectivity index (χ3n) is 3.27. The molecule has 0 fully saturated rings. The molecule has 2 aromatic carbocycles. The number of hydrogen-bond donors (Lipinski definition) is 1. The third-order valence-corrected chi connectivity index (χ3v) is 3.27. The van der Waals surface area contributed by atoms with Gasteiger partial charge in [-0.25, -0.2) is 9.59 Å². The topological polar surface area (TPSA) is 67.9 Å². The normalized spacial score (nSPS) is 10.2. The Morgan fingerprint density at radius 1 is 1.04 bits per heavy atom. The van der Waals surface area contributed by atoms with E-state index < -0.39 is 12.2 Å². The molecule has 2 aromatic rings. The molecule has 0 aromatic heterocycles. The highest BCUT2D eigenvalue weighted by Gasteiger charge is 2.18. The minimum absolute atomic E-state index is 0.247. The summed E-state index contributed by atoms with van der Waals surface area (Å²) in [4.78, 5) is 25.8. The van der Waals surface area contributed by atoms with Crippen LogP contribution in [-0.4, -0.2) is 24.8 Å². The van der Waals surface area contributed by atoms with Gasteiger partial charge >= 0.3 is 12.2 Å². The van der Waals surface area contributed by atoms with Crippen molar-refractivity contribution in [1.29, 1.82) is 0 Å². The van der Waals surface area contributed by atoms with Crippen LogP contribution in [0.1, 0.15) is 20.8 Å². The van der Waals surface area contributed by atoms with Crippen molar-refractivity contribution >= 4 is 23.6 Å². The Morgan fingerprint density at radius 3 is 2.32 bits per heavy atom. The number of para-hydroxylation sites is 3. The van der Waals surface area contributed by atoms with Crippen LogP contribution in [0.2, 0.25) is 0 Å². The van der Waals surface area contributed by atoms with Gasteiger partial charge in [-0.15, -0.1) is 0 Å². The van der Waals surface area contributed by atoms with Crippen LogP contribution in [0.3, 0.4) is 0 Å². The number of nitrogens with zero attached hydrogens (tertiary/aromatic N) is 1. The van der Waals surface area contributed by atoms with Crippen molar-refractivity contribution in [3.8, 4) is 5.75 Å². The van der Waals surface area contributed by atoms with E-state index in [1.165, 1.54) is 4.90 Å². The van der Waals surface area contributed by atoms with Gasteiger partial charge in [-0.05, 0) is 45.0 Å². The fourth-order valence-electron chi connectivity index (χ4n) is 2.19. The van der Waals surface area contributed by atoms with E-state index in [-0.39, 0.29) is 11.9 Å². The van der Waals surface area contributed by atoms with E-state index in [0.29, 0.717) is 12.2 Å². The second-order valence-corrected chi connectivity index (χ2v) is 5.52. The number of carbonyl (C=O) groups is 2. The van der Waals surface area contributed by atoms with Gasteiger partial charge in [-0.2, -0.15) is 0 Å². The molecule has 0 aliphatic heterocycles. The summed E-state index contributed by atoms with van der Waals surface area (Å²) in [5, 5.41) is 2.59. The maximum Gasteiger partial charge on any atom is 0.419 e. The summed E-state index contributed by atoms with van der Waals surface area (Å²) in [7, 11) is 0. The summed E-state index contributed by atoms with van der Waals surface area (Å²) in [5.74, 6) is 0.252. The van der Waals surface area contributed by atoms with Gasteiger partial charge in [0.2, 0.25) is 0 Å². The number of rotatable bonds is 5. The monoisotopic (exact) mass is 342 g/mol. The minimum Gasteiger partial charge on any atom is -0.447 e. The summed E-state index contributed by atoms with van der Waals surface area (Å²) in [6.07, 6.45) is -1.38. The average molecular weight is 342 g/mol. The van der Waals surface area contributed by atoms with Crippen LogP contribution in [0.15, 0.2) is 54.6 Å². The van der Waals surface area contributed by atoms with E-state index in [1.807, 2.05) is 37.3 Å².